The number of methoxy groups -OCH3 is 3. The van der Waals surface area contributed by atoms with Gasteiger partial charge in [0.05, 0.1) is 33.4 Å². The lowest BCUT2D eigenvalue weighted by molar-refractivity contribution is -0.484. The van der Waals surface area contributed by atoms with E-state index >= 15 is 0 Å². The highest BCUT2D eigenvalue weighted by atomic mass is 16.6. The topological polar surface area (TPSA) is 114 Å². The SMILES string of the molecule is COC(=O)C(C(=O)OC)C(C[N+](=O)[O-])c1ccc(OC)c(OC2CCCC2)c1. The van der Waals surface area contributed by atoms with Crippen molar-refractivity contribution in [3.05, 3.63) is 33.9 Å². The largest absolute Gasteiger partial charge is 0.493 e. The molecular formula is C19H25NO8. The fourth-order valence-corrected chi connectivity index (χ4v) is 3.44. The highest BCUT2D eigenvalue weighted by molar-refractivity contribution is 5.96. The Morgan fingerprint density at radius 1 is 1.11 bits per heavy atom. The molecule has 2 rings (SSSR count). The minimum Gasteiger partial charge on any atom is -0.493 e. The van der Waals surface area contributed by atoms with Crippen molar-refractivity contribution in [3.8, 4) is 11.5 Å². The Bertz CT molecular complexity index is 698. The molecule has 1 aromatic carbocycles. The lowest BCUT2D eigenvalue weighted by atomic mass is 9.85. The number of nitrogens with zero attached hydrogens (tertiary/aromatic N) is 1. The van der Waals surface area contributed by atoms with E-state index in [4.69, 9.17) is 9.47 Å². The molecule has 9 heteroatoms. The fourth-order valence-electron chi connectivity index (χ4n) is 3.44. The third-order valence-corrected chi connectivity index (χ3v) is 4.87. The van der Waals surface area contributed by atoms with Crippen molar-refractivity contribution in [2.75, 3.05) is 27.9 Å². The number of nitro groups is 1. The Hall–Kier alpha value is -2.84. The van der Waals surface area contributed by atoms with Crippen LogP contribution in [0.25, 0.3) is 0 Å². The average molecular weight is 395 g/mol. The monoisotopic (exact) mass is 395 g/mol. The molecule has 28 heavy (non-hydrogen) atoms. The van der Waals surface area contributed by atoms with Crippen LogP contribution < -0.4 is 9.47 Å². The molecule has 0 aliphatic heterocycles. The average Bonchev–Trinajstić information content (AvgIpc) is 3.19. The number of ether oxygens (including phenoxy) is 4. The van der Waals surface area contributed by atoms with E-state index in [0.717, 1.165) is 39.9 Å². The van der Waals surface area contributed by atoms with Crippen LogP contribution in [0.1, 0.15) is 37.2 Å². The summed E-state index contributed by atoms with van der Waals surface area (Å²) in [7, 11) is 3.73. The molecule has 1 atom stereocenters. The van der Waals surface area contributed by atoms with Gasteiger partial charge in [-0.2, -0.15) is 0 Å². The molecule has 0 heterocycles. The number of carbonyl (C=O) groups excluding carboxylic acids is 2. The Kier molecular flexibility index (Phi) is 7.60. The highest BCUT2D eigenvalue weighted by Gasteiger charge is 2.41. The molecule has 0 radical (unpaired) electrons. The quantitative estimate of drug-likeness (QED) is 0.271. The van der Waals surface area contributed by atoms with Crippen molar-refractivity contribution in [3.63, 3.8) is 0 Å². The van der Waals surface area contributed by atoms with Gasteiger partial charge in [0, 0.05) is 4.92 Å². The highest BCUT2D eigenvalue weighted by Crippen LogP contribution is 2.37. The second-order valence-corrected chi connectivity index (χ2v) is 6.58. The van der Waals surface area contributed by atoms with Gasteiger partial charge in [0.15, 0.2) is 17.4 Å². The van der Waals surface area contributed by atoms with Gasteiger partial charge in [-0.1, -0.05) is 6.07 Å². The van der Waals surface area contributed by atoms with Crippen LogP contribution in [0, 0.1) is 16.0 Å². The minimum absolute atomic E-state index is 0.0372. The zero-order valence-electron chi connectivity index (χ0n) is 16.2. The first-order chi connectivity index (χ1) is 13.4. The van der Waals surface area contributed by atoms with Crippen LogP contribution in [-0.2, 0) is 19.1 Å². The molecule has 1 saturated carbocycles. The van der Waals surface area contributed by atoms with E-state index in [1.54, 1.807) is 18.2 Å². The van der Waals surface area contributed by atoms with Crippen molar-refractivity contribution < 1.29 is 33.5 Å². The van der Waals surface area contributed by atoms with Crippen molar-refractivity contribution >= 4 is 11.9 Å². The maximum atomic E-state index is 12.2. The molecule has 9 nitrogen and oxygen atoms in total. The number of benzene rings is 1. The van der Waals surface area contributed by atoms with Crippen LogP contribution in [0.4, 0.5) is 0 Å². The van der Waals surface area contributed by atoms with Gasteiger partial charge in [-0.3, -0.25) is 19.7 Å². The molecule has 1 aliphatic rings. The summed E-state index contributed by atoms with van der Waals surface area (Å²) in [5.74, 6) is -3.43. The van der Waals surface area contributed by atoms with Crippen LogP contribution in [0.2, 0.25) is 0 Å². The molecule has 0 amide bonds. The van der Waals surface area contributed by atoms with E-state index in [1.807, 2.05) is 0 Å². The van der Waals surface area contributed by atoms with Gasteiger partial charge in [-0.05, 0) is 43.4 Å². The van der Waals surface area contributed by atoms with Crippen LogP contribution in [0.3, 0.4) is 0 Å². The van der Waals surface area contributed by atoms with Crippen LogP contribution >= 0.6 is 0 Å². The van der Waals surface area contributed by atoms with Crippen LogP contribution in [0.5, 0.6) is 11.5 Å². The van der Waals surface area contributed by atoms with Gasteiger partial charge in [0.1, 0.15) is 0 Å². The molecule has 0 N–H and O–H groups in total. The molecule has 0 saturated heterocycles. The van der Waals surface area contributed by atoms with E-state index in [1.165, 1.54) is 7.11 Å². The number of hydrogen-bond donors (Lipinski definition) is 0. The number of carbonyl (C=O) groups is 2. The zero-order chi connectivity index (χ0) is 20.7. The summed E-state index contributed by atoms with van der Waals surface area (Å²) in [5, 5.41) is 11.2. The van der Waals surface area contributed by atoms with Crippen molar-refractivity contribution in [2.24, 2.45) is 5.92 Å². The second-order valence-electron chi connectivity index (χ2n) is 6.58. The summed E-state index contributed by atoms with van der Waals surface area (Å²) < 4.78 is 20.7. The smallest absolute Gasteiger partial charge is 0.320 e. The van der Waals surface area contributed by atoms with Gasteiger partial charge in [0.25, 0.3) is 0 Å². The summed E-state index contributed by atoms with van der Waals surface area (Å²) in [6, 6.07) is 4.77. The Morgan fingerprint density at radius 2 is 1.71 bits per heavy atom. The predicted molar refractivity (Wildman–Crippen MR) is 98.0 cm³/mol. The Morgan fingerprint density at radius 3 is 2.21 bits per heavy atom. The normalized spacial score (nSPS) is 15.1. The molecule has 0 bridgehead atoms. The molecule has 0 spiro atoms. The number of hydrogen-bond acceptors (Lipinski definition) is 8. The second kappa shape index (κ2) is 9.91. The van der Waals surface area contributed by atoms with Crippen molar-refractivity contribution in [1.29, 1.82) is 0 Å². The fraction of sp³-hybridized carbons (Fsp3) is 0.579. The summed E-state index contributed by atoms with van der Waals surface area (Å²) in [6.45, 7) is -0.649. The maximum absolute atomic E-state index is 12.2. The summed E-state index contributed by atoms with van der Waals surface area (Å²) in [4.78, 5) is 35.1. The number of rotatable bonds is 9. The lowest BCUT2D eigenvalue weighted by Crippen LogP contribution is -2.35. The van der Waals surface area contributed by atoms with E-state index in [9.17, 15) is 19.7 Å². The van der Waals surface area contributed by atoms with Crippen molar-refractivity contribution in [2.45, 2.75) is 37.7 Å². The molecule has 1 aliphatic carbocycles. The first-order valence-corrected chi connectivity index (χ1v) is 9.03. The van der Waals surface area contributed by atoms with Gasteiger partial charge >= 0.3 is 11.9 Å². The minimum atomic E-state index is -1.46. The summed E-state index contributed by atoms with van der Waals surface area (Å²) in [6.07, 6.45) is 4.01. The van der Waals surface area contributed by atoms with Gasteiger partial charge < -0.3 is 18.9 Å². The molecule has 1 aromatic rings. The van der Waals surface area contributed by atoms with Gasteiger partial charge in [-0.15, -0.1) is 0 Å². The van der Waals surface area contributed by atoms with E-state index < -0.39 is 35.2 Å². The maximum Gasteiger partial charge on any atom is 0.320 e. The van der Waals surface area contributed by atoms with E-state index in [2.05, 4.69) is 9.47 Å². The molecule has 1 unspecified atom stereocenters. The molecule has 1 fully saturated rings. The van der Waals surface area contributed by atoms with E-state index in [0.29, 0.717) is 17.1 Å². The number of esters is 2. The third kappa shape index (κ3) is 5.11. The lowest BCUT2D eigenvalue weighted by Gasteiger charge is -2.22. The van der Waals surface area contributed by atoms with Crippen LogP contribution in [-0.4, -0.2) is 50.8 Å². The van der Waals surface area contributed by atoms with Gasteiger partial charge in [0.2, 0.25) is 6.54 Å². The first kappa shape index (κ1) is 21.5. The third-order valence-electron chi connectivity index (χ3n) is 4.87. The van der Waals surface area contributed by atoms with Crippen molar-refractivity contribution in [1.82, 2.24) is 0 Å². The zero-order valence-corrected chi connectivity index (χ0v) is 16.2. The van der Waals surface area contributed by atoms with E-state index in [-0.39, 0.29) is 6.10 Å². The first-order valence-electron chi connectivity index (χ1n) is 9.03. The Labute approximate surface area is 163 Å². The molecule has 0 aromatic heterocycles. The molecule has 154 valence electrons. The summed E-state index contributed by atoms with van der Waals surface area (Å²) in [5.41, 5.74) is 0.395. The van der Waals surface area contributed by atoms with Gasteiger partial charge in [-0.25, -0.2) is 0 Å². The predicted octanol–water partition coefficient (Wildman–Crippen LogP) is 2.34. The summed E-state index contributed by atoms with van der Waals surface area (Å²) >= 11 is 0. The Balaban J connectivity index is 2.44. The molecular weight excluding hydrogens is 370 g/mol. The van der Waals surface area contributed by atoms with Crippen LogP contribution in [0.15, 0.2) is 18.2 Å². The standard InChI is InChI=1S/C19H25NO8/c1-25-15-9-8-12(10-16(15)28-13-6-4-5-7-13)14(11-20(23)24)17(18(21)26-2)19(22)27-3/h8-10,13-14,17H,4-7,11H2,1-3H3.